The SMILES string of the molecule is O=C(NCc1ccc(C(F)(F)F)cc1)c1nc2ccccc2s1. The van der Waals surface area contributed by atoms with Crippen LogP contribution >= 0.6 is 11.3 Å². The number of carbonyl (C=O) groups is 1. The minimum Gasteiger partial charge on any atom is -0.346 e. The Morgan fingerprint density at radius 3 is 2.43 bits per heavy atom. The molecule has 0 bridgehead atoms. The van der Waals surface area contributed by atoms with Crippen molar-refractivity contribution in [1.29, 1.82) is 0 Å². The Balaban J connectivity index is 1.66. The Kier molecular flexibility index (Phi) is 4.04. The van der Waals surface area contributed by atoms with Gasteiger partial charge in [0, 0.05) is 6.54 Å². The lowest BCUT2D eigenvalue weighted by molar-refractivity contribution is -0.137. The van der Waals surface area contributed by atoms with Gasteiger partial charge in [-0.15, -0.1) is 11.3 Å². The lowest BCUT2D eigenvalue weighted by Gasteiger charge is -2.08. The van der Waals surface area contributed by atoms with Crippen LogP contribution in [0.3, 0.4) is 0 Å². The number of alkyl halides is 3. The van der Waals surface area contributed by atoms with Gasteiger partial charge in [-0.25, -0.2) is 4.98 Å². The summed E-state index contributed by atoms with van der Waals surface area (Å²) in [7, 11) is 0. The second kappa shape index (κ2) is 6.00. The van der Waals surface area contributed by atoms with Crippen molar-refractivity contribution in [2.24, 2.45) is 0 Å². The van der Waals surface area contributed by atoms with Crippen LogP contribution in [0.5, 0.6) is 0 Å². The van der Waals surface area contributed by atoms with Gasteiger partial charge in [0.15, 0.2) is 5.01 Å². The number of carbonyl (C=O) groups excluding carboxylic acids is 1. The molecule has 1 aromatic heterocycles. The fourth-order valence-electron chi connectivity index (χ4n) is 2.04. The van der Waals surface area contributed by atoms with Gasteiger partial charge in [-0.2, -0.15) is 13.2 Å². The van der Waals surface area contributed by atoms with Crippen molar-refractivity contribution in [1.82, 2.24) is 10.3 Å². The van der Waals surface area contributed by atoms with Crippen LogP contribution in [0.15, 0.2) is 48.5 Å². The molecule has 118 valence electrons. The highest BCUT2D eigenvalue weighted by Crippen LogP contribution is 2.29. The Morgan fingerprint density at radius 2 is 1.78 bits per heavy atom. The summed E-state index contributed by atoms with van der Waals surface area (Å²) in [6.45, 7) is 0.146. The standard InChI is InChI=1S/C16H11F3N2OS/c17-16(18,19)11-7-5-10(6-8-11)9-20-14(22)15-21-12-3-1-2-4-13(12)23-15/h1-8H,9H2,(H,20,22). The highest BCUT2D eigenvalue weighted by molar-refractivity contribution is 7.20. The third-order valence-corrected chi connectivity index (χ3v) is 4.26. The molecule has 1 heterocycles. The van der Waals surface area contributed by atoms with E-state index in [-0.39, 0.29) is 12.5 Å². The van der Waals surface area contributed by atoms with Crippen molar-refractivity contribution in [2.45, 2.75) is 12.7 Å². The average molecular weight is 336 g/mol. The minimum atomic E-state index is -4.36. The number of hydrogen-bond donors (Lipinski definition) is 1. The van der Waals surface area contributed by atoms with Crippen LogP contribution in [0.1, 0.15) is 20.9 Å². The molecule has 0 saturated heterocycles. The van der Waals surface area contributed by atoms with Crippen molar-refractivity contribution in [2.75, 3.05) is 0 Å². The number of hydrogen-bond acceptors (Lipinski definition) is 3. The van der Waals surface area contributed by atoms with E-state index in [1.54, 1.807) is 0 Å². The van der Waals surface area contributed by atoms with E-state index in [9.17, 15) is 18.0 Å². The Bertz CT molecular complexity index is 807. The summed E-state index contributed by atoms with van der Waals surface area (Å²) in [5, 5.41) is 2.99. The van der Waals surface area contributed by atoms with Crippen molar-refractivity contribution in [3.63, 3.8) is 0 Å². The van der Waals surface area contributed by atoms with Gasteiger partial charge in [0.25, 0.3) is 5.91 Å². The topological polar surface area (TPSA) is 42.0 Å². The molecule has 1 N–H and O–H groups in total. The first-order chi connectivity index (χ1) is 10.9. The maximum atomic E-state index is 12.5. The van der Waals surface area contributed by atoms with Gasteiger partial charge >= 0.3 is 6.18 Å². The number of para-hydroxylation sites is 1. The number of nitrogens with one attached hydrogen (secondary N) is 1. The maximum Gasteiger partial charge on any atom is 0.416 e. The minimum absolute atomic E-state index is 0.146. The number of fused-ring (bicyclic) bond motifs is 1. The summed E-state index contributed by atoms with van der Waals surface area (Å²) in [5.41, 5.74) is 0.628. The molecule has 0 saturated carbocycles. The molecule has 7 heteroatoms. The van der Waals surface area contributed by atoms with Crippen molar-refractivity contribution >= 4 is 27.5 Å². The fourth-order valence-corrected chi connectivity index (χ4v) is 2.92. The first kappa shape index (κ1) is 15.5. The summed E-state index contributed by atoms with van der Waals surface area (Å²) in [4.78, 5) is 16.3. The summed E-state index contributed by atoms with van der Waals surface area (Å²) >= 11 is 1.27. The van der Waals surface area contributed by atoms with E-state index in [4.69, 9.17) is 0 Å². The Morgan fingerprint density at radius 1 is 1.09 bits per heavy atom. The van der Waals surface area contributed by atoms with E-state index < -0.39 is 11.7 Å². The van der Waals surface area contributed by atoms with Crippen LogP contribution in [-0.4, -0.2) is 10.9 Å². The van der Waals surface area contributed by atoms with Crippen LogP contribution in [-0.2, 0) is 12.7 Å². The normalized spacial score (nSPS) is 11.6. The number of nitrogens with zero attached hydrogens (tertiary/aromatic N) is 1. The molecule has 3 rings (SSSR count). The van der Waals surface area contributed by atoms with Gasteiger partial charge in [0.2, 0.25) is 0 Å². The molecule has 0 radical (unpaired) electrons. The largest absolute Gasteiger partial charge is 0.416 e. The molecule has 0 atom stereocenters. The van der Waals surface area contributed by atoms with Gasteiger partial charge in [-0.1, -0.05) is 24.3 Å². The van der Waals surface area contributed by atoms with Crippen LogP contribution in [0.25, 0.3) is 10.2 Å². The zero-order chi connectivity index (χ0) is 16.4. The summed E-state index contributed by atoms with van der Waals surface area (Å²) in [5.74, 6) is -0.342. The summed E-state index contributed by atoms with van der Waals surface area (Å²) in [6, 6.07) is 12.1. The number of rotatable bonds is 3. The second-order valence-corrected chi connectivity index (χ2v) is 5.89. The summed E-state index contributed by atoms with van der Waals surface area (Å²) < 4.78 is 38.3. The molecule has 0 aliphatic heterocycles. The predicted octanol–water partition coefficient (Wildman–Crippen LogP) is 4.25. The third-order valence-electron chi connectivity index (χ3n) is 3.22. The van der Waals surface area contributed by atoms with E-state index in [0.29, 0.717) is 10.6 Å². The van der Waals surface area contributed by atoms with E-state index in [2.05, 4.69) is 10.3 Å². The van der Waals surface area contributed by atoms with E-state index in [1.165, 1.54) is 23.5 Å². The highest BCUT2D eigenvalue weighted by Gasteiger charge is 2.29. The second-order valence-electron chi connectivity index (χ2n) is 4.86. The van der Waals surface area contributed by atoms with E-state index in [1.807, 2.05) is 24.3 Å². The Labute approximate surface area is 133 Å². The van der Waals surface area contributed by atoms with Gasteiger partial charge in [0.1, 0.15) is 0 Å². The average Bonchev–Trinajstić information content (AvgIpc) is 2.96. The number of halogens is 3. The van der Waals surface area contributed by atoms with Crippen LogP contribution in [0.2, 0.25) is 0 Å². The zero-order valence-corrected chi connectivity index (χ0v) is 12.5. The molecule has 3 aromatic rings. The number of thiazole rings is 1. The lowest BCUT2D eigenvalue weighted by atomic mass is 10.1. The first-order valence-corrected chi connectivity index (χ1v) is 7.55. The molecule has 0 aliphatic rings. The predicted molar refractivity (Wildman–Crippen MR) is 82.2 cm³/mol. The van der Waals surface area contributed by atoms with Crippen LogP contribution in [0, 0.1) is 0 Å². The lowest BCUT2D eigenvalue weighted by Crippen LogP contribution is -2.22. The summed E-state index contributed by atoms with van der Waals surface area (Å²) in [6.07, 6.45) is -4.36. The van der Waals surface area contributed by atoms with E-state index >= 15 is 0 Å². The number of amides is 1. The molecule has 2 aromatic carbocycles. The highest BCUT2D eigenvalue weighted by atomic mass is 32.1. The van der Waals surface area contributed by atoms with Crippen molar-refractivity contribution in [3.05, 3.63) is 64.7 Å². The molecule has 0 unspecified atom stereocenters. The molecule has 0 spiro atoms. The molecule has 0 fully saturated rings. The maximum absolute atomic E-state index is 12.5. The van der Waals surface area contributed by atoms with Gasteiger partial charge in [-0.3, -0.25) is 4.79 Å². The van der Waals surface area contributed by atoms with Crippen LogP contribution < -0.4 is 5.32 Å². The quantitative estimate of drug-likeness (QED) is 0.777. The zero-order valence-electron chi connectivity index (χ0n) is 11.7. The Hall–Kier alpha value is -2.41. The number of aromatic nitrogens is 1. The van der Waals surface area contributed by atoms with Gasteiger partial charge in [-0.05, 0) is 29.8 Å². The van der Waals surface area contributed by atoms with Crippen molar-refractivity contribution in [3.8, 4) is 0 Å². The van der Waals surface area contributed by atoms with Gasteiger partial charge in [0.05, 0.1) is 15.8 Å². The first-order valence-electron chi connectivity index (χ1n) is 6.73. The number of benzene rings is 2. The van der Waals surface area contributed by atoms with Gasteiger partial charge < -0.3 is 5.32 Å². The van der Waals surface area contributed by atoms with E-state index in [0.717, 1.165) is 22.3 Å². The molecule has 23 heavy (non-hydrogen) atoms. The molecule has 3 nitrogen and oxygen atoms in total. The smallest absolute Gasteiger partial charge is 0.346 e. The fraction of sp³-hybridized carbons (Fsp3) is 0.125. The van der Waals surface area contributed by atoms with Crippen LogP contribution in [0.4, 0.5) is 13.2 Å². The third kappa shape index (κ3) is 3.50. The molecular formula is C16H11F3N2OS. The molecule has 0 aliphatic carbocycles. The molecular weight excluding hydrogens is 325 g/mol. The monoisotopic (exact) mass is 336 g/mol. The molecule has 1 amide bonds. The van der Waals surface area contributed by atoms with Crippen molar-refractivity contribution < 1.29 is 18.0 Å².